The van der Waals surface area contributed by atoms with Gasteiger partial charge in [0, 0.05) is 18.8 Å². The highest BCUT2D eigenvalue weighted by Gasteiger charge is 2.21. The molecular formula is C14H22N2O3. The summed E-state index contributed by atoms with van der Waals surface area (Å²) in [5.74, 6) is 0.974. The number of carboxylic acid groups (broad SMARTS) is 1. The molecule has 106 valence electrons. The van der Waals surface area contributed by atoms with Crippen molar-refractivity contribution < 1.29 is 14.3 Å². The average molecular weight is 266 g/mol. The number of carboxylic acids is 1. The van der Waals surface area contributed by atoms with Crippen molar-refractivity contribution in [2.24, 2.45) is 5.92 Å². The standard InChI is InChI=1S/C14H22N2O3/c1-10(9-13(17)18)8-12-15-16-14(19-12)11-6-4-2-3-5-7-11/h10-11H,2-9H2,1H3,(H,17,18). The number of aromatic nitrogens is 2. The molecule has 1 heterocycles. The van der Waals surface area contributed by atoms with Gasteiger partial charge in [0.2, 0.25) is 11.8 Å². The van der Waals surface area contributed by atoms with Crippen LogP contribution in [0.25, 0.3) is 0 Å². The van der Waals surface area contributed by atoms with Crippen LogP contribution in [0.5, 0.6) is 0 Å². The van der Waals surface area contributed by atoms with E-state index >= 15 is 0 Å². The Morgan fingerprint density at radius 3 is 2.63 bits per heavy atom. The molecule has 5 nitrogen and oxygen atoms in total. The molecule has 19 heavy (non-hydrogen) atoms. The van der Waals surface area contributed by atoms with Crippen molar-refractivity contribution in [1.29, 1.82) is 0 Å². The number of hydrogen-bond donors (Lipinski definition) is 1. The van der Waals surface area contributed by atoms with Crippen LogP contribution < -0.4 is 0 Å². The Morgan fingerprint density at radius 1 is 1.32 bits per heavy atom. The molecule has 1 aliphatic rings. The Hall–Kier alpha value is -1.39. The number of carbonyl (C=O) groups is 1. The summed E-state index contributed by atoms with van der Waals surface area (Å²) in [4.78, 5) is 10.6. The van der Waals surface area contributed by atoms with E-state index < -0.39 is 5.97 Å². The highest BCUT2D eigenvalue weighted by Crippen LogP contribution is 2.30. The van der Waals surface area contributed by atoms with Crippen molar-refractivity contribution in [3.63, 3.8) is 0 Å². The van der Waals surface area contributed by atoms with Crippen LogP contribution in [0.4, 0.5) is 0 Å². The van der Waals surface area contributed by atoms with Gasteiger partial charge in [0.1, 0.15) is 0 Å². The van der Waals surface area contributed by atoms with Crippen LogP contribution in [0.1, 0.15) is 69.6 Å². The predicted molar refractivity (Wildman–Crippen MR) is 69.9 cm³/mol. The normalized spacial score (nSPS) is 19.0. The molecule has 0 aromatic carbocycles. The van der Waals surface area contributed by atoms with Crippen LogP contribution in [0.15, 0.2) is 4.42 Å². The largest absolute Gasteiger partial charge is 0.481 e. The highest BCUT2D eigenvalue weighted by atomic mass is 16.4. The molecule has 0 bridgehead atoms. The Bertz CT molecular complexity index is 409. The molecular weight excluding hydrogens is 244 g/mol. The molecule has 0 spiro atoms. The molecule has 2 rings (SSSR count). The van der Waals surface area contributed by atoms with Crippen molar-refractivity contribution in [3.05, 3.63) is 11.8 Å². The maximum Gasteiger partial charge on any atom is 0.303 e. The third-order valence-electron chi connectivity index (χ3n) is 3.73. The minimum absolute atomic E-state index is 0.0277. The lowest BCUT2D eigenvalue weighted by Crippen LogP contribution is -2.07. The average Bonchev–Trinajstić information content (AvgIpc) is 2.63. The lowest BCUT2D eigenvalue weighted by atomic mass is 10.0. The molecule has 5 heteroatoms. The second-order valence-electron chi connectivity index (χ2n) is 5.63. The SMILES string of the molecule is CC(CC(=O)O)Cc1nnc(C2CCCCCC2)o1. The lowest BCUT2D eigenvalue weighted by molar-refractivity contribution is -0.137. The van der Waals surface area contributed by atoms with E-state index in [1.54, 1.807) is 0 Å². The zero-order valence-electron chi connectivity index (χ0n) is 11.5. The van der Waals surface area contributed by atoms with E-state index in [4.69, 9.17) is 9.52 Å². The third-order valence-corrected chi connectivity index (χ3v) is 3.73. The summed E-state index contributed by atoms with van der Waals surface area (Å²) in [6, 6.07) is 0. The lowest BCUT2D eigenvalue weighted by Gasteiger charge is -2.08. The summed E-state index contributed by atoms with van der Waals surface area (Å²) in [7, 11) is 0. The molecule has 1 aromatic heterocycles. The number of hydrogen-bond acceptors (Lipinski definition) is 4. The maximum absolute atomic E-state index is 10.6. The van der Waals surface area contributed by atoms with Crippen LogP contribution in [-0.2, 0) is 11.2 Å². The molecule has 0 saturated heterocycles. The fourth-order valence-electron chi connectivity index (χ4n) is 2.71. The van der Waals surface area contributed by atoms with Gasteiger partial charge in [0.25, 0.3) is 0 Å². The second kappa shape index (κ2) is 6.68. The van der Waals surface area contributed by atoms with Crippen LogP contribution in [0.3, 0.4) is 0 Å². The van der Waals surface area contributed by atoms with Crippen LogP contribution in [0, 0.1) is 5.92 Å². The van der Waals surface area contributed by atoms with Gasteiger partial charge in [-0.25, -0.2) is 0 Å². The second-order valence-corrected chi connectivity index (χ2v) is 5.63. The van der Waals surface area contributed by atoms with Gasteiger partial charge in [-0.1, -0.05) is 32.6 Å². The van der Waals surface area contributed by atoms with Gasteiger partial charge in [-0.3, -0.25) is 4.79 Å². The van der Waals surface area contributed by atoms with Crippen molar-refractivity contribution >= 4 is 5.97 Å². The molecule has 0 amide bonds. The van der Waals surface area contributed by atoms with E-state index in [-0.39, 0.29) is 12.3 Å². The monoisotopic (exact) mass is 266 g/mol. The number of rotatable bonds is 5. The molecule has 1 aliphatic carbocycles. The maximum atomic E-state index is 10.6. The summed E-state index contributed by atoms with van der Waals surface area (Å²) in [6.07, 6.45) is 8.02. The first-order valence-electron chi connectivity index (χ1n) is 7.19. The molecule has 0 aliphatic heterocycles. The Morgan fingerprint density at radius 2 is 2.00 bits per heavy atom. The molecule has 1 N–H and O–H groups in total. The predicted octanol–water partition coefficient (Wildman–Crippen LogP) is 3.16. The van der Waals surface area contributed by atoms with Gasteiger partial charge in [-0.15, -0.1) is 10.2 Å². The van der Waals surface area contributed by atoms with E-state index in [0.717, 1.165) is 18.7 Å². The zero-order valence-corrected chi connectivity index (χ0v) is 11.5. The Balaban J connectivity index is 1.92. The number of aliphatic carboxylic acids is 1. The third kappa shape index (κ3) is 4.33. The molecule has 1 unspecified atom stereocenters. The topological polar surface area (TPSA) is 76.2 Å². The Labute approximate surface area is 113 Å². The molecule has 1 fully saturated rings. The van der Waals surface area contributed by atoms with Gasteiger partial charge in [-0.2, -0.15) is 0 Å². The van der Waals surface area contributed by atoms with Crippen LogP contribution >= 0.6 is 0 Å². The first-order chi connectivity index (χ1) is 9.15. The smallest absolute Gasteiger partial charge is 0.303 e. The highest BCUT2D eigenvalue weighted by molar-refractivity contribution is 5.66. The van der Waals surface area contributed by atoms with Crippen molar-refractivity contribution in [2.45, 2.75) is 64.2 Å². The fourth-order valence-corrected chi connectivity index (χ4v) is 2.71. The minimum Gasteiger partial charge on any atom is -0.481 e. The van der Waals surface area contributed by atoms with E-state index in [1.807, 2.05) is 6.92 Å². The summed E-state index contributed by atoms with van der Waals surface area (Å²) in [6.45, 7) is 1.89. The van der Waals surface area contributed by atoms with E-state index in [9.17, 15) is 4.79 Å². The summed E-state index contributed by atoms with van der Waals surface area (Å²) in [5, 5.41) is 16.9. The minimum atomic E-state index is -0.781. The van der Waals surface area contributed by atoms with Crippen LogP contribution in [-0.4, -0.2) is 21.3 Å². The van der Waals surface area contributed by atoms with Crippen molar-refractivity contribution in [2.75, 3.05) is 0 Å². The van der Waals surface area contributed by atoms with E-state index in [0.29, 0.717) is 18.2 Å². The van der Waals surface area contributed by atoms with Gasteiger partial charge >= 0.3 is 5.97 Å². The zero-order chi connectivity index (χ0) is 13.7. The molecule has 0 radical (unpaired) electrons. The van der Waals surface area contributed by atoms with Gasteiger partial charge in [0.05, 0.1) is 0 Å². The van der Waals surface area contributed by atoms with E-state index in [1.165, 1.54) is 25.7 Å². The van der Waals surface area contributed by atoms with Gasteiger partial charge < -0.3 is 9.52 Å². The summed E-state index contributed by atoms with van der Waals surface area (Å²) in [5.41, 5.74) is 0. The van der Waals surface area contributed by atoms with Gasteiger partial charge in [-0.05, 0) is 18.8 Å². The molecule has 1 saturated carbocycles. The van der Waals surface area contributed by atoms with Crippen LogP contribution in [0.2, 0.25) is 0 Å². The van der Waals surface area contributed by atoms with E-state index in [2.05, 4.69) is 10.2 Å². The van der Waals surface area contributed by atoms with Crippen molar-refractivity contribution in [3.8, 4) is 0 Å². The summed E-state index contributed by atoms with van der Waals surface area (Å²) < 4.78 is 5.72. The molecule has 1 aromatic rings. The quantitative estimate of drug-likeness (QED) is 0.828. The first-order valence-corrected chi connectivity index (χ1v) is 7.19. The fraction of sp³-hybridized carbons (Fsp3) is 0.786. The number of nitrogens with zero attached hydrogens (tertiary/aromatic N) is 2. The van der Waals surface area contributed by atoms with Gasteiger partial charge in [0.15, 0.2) is 0 Å². The first kappa shape index (κ1) is 14.0. The Kier molecular flexibility index (Phi) is 4.93. The molecule has 1 atom stereocenters. The summed E-state index contributed by atoms with van der Waals surface area (Å²) >= 11 is 0. The van der Waals surface area contributed by atoms with Crippen molar-refractivity contribution in [1.82, 2.24) is 10.2 Å².